The largest absolute Gasteiger partial charge is 0.497 e. The number of aromatic amines is 2. The second-order valence-electron chi connectivity index (χ2n) is 4.48. The highest BCUT2D eigenvalue weighted by Gasteiger charge is 2.15. The summed E-state index contributed by atoms with van der Waals surface area (Å²) < 4.78 is 5.21. The van der Waals surface area contributed by atoms with E-state index in [1.807, 2.05) is 25.1 Å². The molecule has 6 heteroatoms. The van der Waals surface area contributed by atoms with Crippen LogP contribution in [0, 0.1) is 6.92 Å². The van der Waals surface area contributed by atoms with Gasteiger partial charge >= 0.3 is 0 Å². The Morgan fingerprint density at radius 2 is 2.25 bits per heavy atom. The Balaban J connectivity index is 1.99. The molecular formula is C14H14N4O2. The molecule has 3 N–H and O–H groups in total. The third kappa shape index (κ3) is 2.01. The number of carbonyl (C=O) groups is 1. The molecule has 1 amide bonds. The van der Waals surface area contributed by atoms with Crippen molar-refractivity contribution in [2.45, 2.75) is 6.92 Å². The van der Waals surface area contributed by atoms with Crippen LogP contribution < -0.4 is 10.1 Å². The van der Waals surface area contributed by atoms with Gasteiger partial charge in [0.05, 0.1) is 19.0 Å². The van der Waals surface area contributed by atoms with Gasteiger partial charge in [-0.1, -0.05) is 0 Å². The van der Waals surface area contributed by atoms with Crippen LogP contribution in [0.1, 0.15) is 16.1 Å². The van der Waals surface area contributed by atoms with Gasteiger partial charge in [0.2, 0.25) is 0 Å². The maximum absolute atomic E-state index is 12.2. The molecule has 1 aromatic carbocycles. The minimum absolute atomic E-state index is 0.195. The van der Waals surface area contributed by atoms with Crippen LogP contribution >= 0.6 is 0 Å². The fourth-order valence-electron chi connectivity index (χ4n) is 2.17. The number of nitrogens with one attached hydrogen (secondary N) is 3. The van der Waals surface area contributed by atoms with E-state index in [2.05, 4.69) is 20.5 Å². The summed E-state index contributed by atoms with van der Waals surface area (Å²) in [5.41, 5.74) is 2.96. The molecule has 0 radical (unpaired) electrons. The number of fused-ring (bicyclic) bond motifs is 1. The first kappa shape index (κ1) is 12.3. The highest BCUT2D eigenvalue weighted by atomic mass is 16.5. The zero-order chi connectivity index (χ0) is 14.1. The SMILES string of the molecule is COc1ccc2[nH]c(C(=O)Nc3cn[nH]c3)c(C)c2c1. The Labute approximate surface area is 115 Å². The lowest BCUT2D eigenvalue weighted by atomic mass is 10.1. The molecule has 0 aliphatic rings. The van der Waals surface area contributed by atoms with Gasteiger partial charge in [0.15, 0.2) is 0 Å². The summed E-state index contributed by atoms with van der Waals surface area (Å²) in [6, 6.07) is 5.67. The normalized spacial score (nSPS) is 10.7. The molecule has 0 atom stereocenters. The zero-order valence-corrected chi connectivity index (χ0v) is 11.2. The first-order valence-corrected chi connectivity index (χ1v) is 6.15. The average molecular weight is 270 g/mol. The Kier molecular flexibility index (Phi) is 2.90. The molecule has 3 aromatic rings. The average Bonchev–Trinajstić information content (AvgIpc) is 3.07. The number of hydrogen-bond donors (Lipinski definition) is 3. The molecule has 0 saturated carbocycles. The van der Waals surface area contributed by atoms with E-state index in [4.69, 9.17) is 4.74 Å². The number of aromatic nitrogens is 3. The molecule has 2 heterocycles. The molecule has 6 nitrogen and oxygen atoms in total. The molecule has 3 rings (SSSR count). The second kappa shape index (κ2) is 4.73. The van der Waals surface area contributed by atoms with E-state index in [1.54, 1.807) is 19.5 Å². The maximum Gasteiger partial charge on any atom is 0.272 e. The van der Waals surface area contributed by atoms with Crippen LogP contribution in [0.3, 0.4) is 0 Å². The topological polar surface area (TPSA) is 82.8 Å². The molecule has 102 valence electrons. The zero-order valence-electron chi connectivity index (χ0n) is 11.2. The number of ether oxygens (including phenoxy) is 1. The van der Waals surface area contributed by atoms with Crippen molar-refractivity contribution in [2.75, 3.05) is 12.4 Å². The monoisotopic (exact) mass is 270 g/mol. The van der Waals surface area contributed by atoms with E-state index in [0.29, 0.717) is 11.4 Å². The van der Waals surface area contributed by atoms with Crippen LogP contribution in [-0.4, -0.2) is 28.2 Å². The number of benzene rings is 1. The molecule has 0 unspecified atom stereocenters. The van der Waals surface area contributed by atoms with Gasteiger partial charge in [-0.05, 0) is 30.7 Å². The predicted octanol–water partition coefficient (Wildman–Crippen LogP) is 2.46. The number of hydrogen-bond acceptors (Lipinski definition) is 3. The summed E-state index contributed by atoms with van der Waals surface area (Å²) >= 11 is 0. The highest BCUT2D eigenvalue weighted by molar-refractivity contribution is 6.07. The summed E-state index contributed by atoms with van der Waals surface area (Å²) in [4.78, 5) is 15.4. The van der Waals surface area contributed by atoms with Crippen LogP contribution in [0.2, 0.25) is 0 Å². The van der Waals surface area contributed by atoms with Crippen molar-refractivity contribution in [3.8, 4) is 5.75 Å². The molecule has 0 bridgehead atoms. The van der Waals surface area contributed by atoms with Gasteiger partial charge in [-0.25, -0.2) is 0 Å². The third-order valence-electron chi connectivity index (χ3n) is 3.25. The van der Waals surface area contributed by atoms with E-state index in [1.165, 1.54) is 0 Å². The van der Waals surface area contributed by atoms with Crippen LogP contribution in [0.25, 0.3) is 10.9 Å². The van der Waals surface area contributed by atoms with E-state index in [0.717, 1.165) is 22.2 Å². The van der Waals surface area contributed by atoms with Gasteiger partial charge in [0.1, 0.15) is 11.4 Å². The number of nitrogens with zero attached hydrogens (tertiary/aromatic N) is 1. The predicted molar refractivity (Wildman–Crippen MR) is 76.1 cm³/mol. The summed E-state index contributed by atoms with van der Waals surface area (Å²) in [5.74, 6) is 0.570. The van der Waals surface area contributed by atoms with Gasteiger partial charge in [-0.15, -0.1) is 0 Å². The number of aryl methyl sites for hydroxylation is 1. The number of carbonyl (C=O) groups excluding carboxylic acids is 1. The standard InChI is InChI=1S/C14H14N4O2/c1-8-11-5-10(20-2)3-4-12(11)18-13(8)14(19)17-9-6-15-16-7-9/h3-7,18H,1-2H3,(H,15,16)(H,17,19). The number of methoxy groups -OCH3 is 1. The van der Waals surface area contributed by atoms with E-state index in [-0.39, 0.29) is 5.91 Å². The maximum atomic E-state index is 12.2. The van der Waals surface area contributed by atoms with Crippen molar-refractivity contribution in [1.82, 2.24) is 15.2 Å². The number of H-pyrrole nitrogens is 2. The van der Waals surface area contributed by atoms with Crippen LogP contribution in [0.15, 0.2) is 30.6 Å². The quantitative estimate of drug-likeness (QED) is 0.683. The molecule has 0 aliphatic carbocycles. The molecule has 0 fully saturated rings. The summed E-state index contributed by atoms with van der Waals surface area (Å²) in [6.45, 7) is 1.91. The minimum Gasteiger partial charge on any atom is -0.497 e. The van der Waals surface area contributed by atoms with Crippen LogP contribution in [0.4, 0.5) is 5.69 Å². The minimum atomic E-state index is -0.195. The fraction of sp³-hybridized carbons (Fsp3) is 0.143. The molecule has 2 aromatic heterocycles. The summed E-state index contributed by atoms with van der Waals surface area (Å²) in [6.07, 6.45) is 3.18. The third-order valence-corrected chi connectivity index (χ3v) is 3.25. The van der Waals surface area contributed by atoms with Gasteiger partial charge in [0, 0.05) is 17.1 Å². The van der Waals surface area contributed by atoms with Crippen molar-refractivity contribution in [3.63, 3.8) is 0 Å². The van der Waals surface area contributed by atoms with E-state index >= 15 is 0 Å². The molecule has 0 spiro atoms. The Bertz CT molecular complexity index is 759. The molecular weight excluding hydrogens is 256 g/mol. The number of anilines is 1. The van der Waals surface area contributed by atoms with Gasteiger partial charge in [-0.2, -0.15) is 5.10 Å². The van der Waals surface area contributed by atoms with Gasteiger partial charge in [-0.3, -0.25) is 9.89 Å². The first-order valence-electron chi connectivity index (χ1n) is 6.15. The number of rotatable bonds is 3. The lowest BCUT2D eigenvalue weighted by Gasteiger charge is -2.01. The lowest BCUT2D eigenvalue weighted by Crippen LogP contribution is -2.12. The Hall–Kier alpha value is -2.76. The Morgan fingerprint density at radius 1 is 1.40 bits per heavy atom. The molecule has 0 saturated heterocycles. The van der Waals surface area contributed by atoms with Crippen molar-refractivity contribution < 1.29 is 9.53 Å². The molecule has 0 aliphatic heterocycles. The van der Waals surface area contributed by atoms with E-state index < -0.39 is 0 Å². The highest BCUT2D eigenvalue weighted by Crippen LogP contribution is 2.26. The van der Waals surface area contributed by atoms with Crippen molar-refractivity contribution in [1.29, 1.82) is 0 Å². The second-order valence-corrected chi connectivity index (χ2v) is 4.48. The van der Waals surface area contributed by atoms with E-state index in [9.17, 15) is 4.79 Å². The number of amides is 1. The van der Waals surface area contributed by atoms with Gasteiger partial charge in [0.25, 0.3) is 5.91 Å². The smallest absolute Gasteiger partial charge is 0.272 e. The first-order chi connectivity index (χ1) is 9.69. The molecule has 20 heavy (non-hydrogen) atoms. The van der Waals surface area contributed by atoms with Crippen LogP contribution in [-0.2, 0) is 0 Å². The summed E-state index contributed by atoms with van der Waals surface area (Å²) in [5, 5.41) is 10.2. The fourth-order valence-corrected chi connectivity index (χ4v) is 2.17. The lowest BCUT2D eigenvalue weighted by molar-refractivity contribution is 0.102. The van der Waals surface area contributed by atoms with Crippen molar-refractivity contribution >= 4 is 22.5 Å². The van der Waals surface area contributed by atoms with Crippen LogP contribution in [0.5, 0.6) is 5.75 Å². The van der Waals surface area contributed by atoms with Crippen molar-refractivity contribution in [2.24, 2.45) is 0 Å². The Morgan fingerprint density at radius 3 is 2.95 bits per heavy atom. The van der Waals surface area contributed by atoms with Gasteiger partial charge < -0.3 is 15.0 Å². The van der Waals surface area contributed by atoms with Crippen molar-refractivity contribution in [3.05, 3.63) is 41.9 Å². The summed E-state index contributed by atoms with van der Waals surface area (Å²) in [7, 11) is 1.62.